The number of aromatic nitrogens is 2. The summed E-state index contributed by atoms with van der Waals surface area (Å²) in [6.45, 7) is 0.120. The Morgan fingerprint density at radius 1 is 1.08 bits per heavy atom. The third kappa shape index (κ3) is 4.42. The summed E-state index contributed by atoms with van der Waals surface area (Å²) in [5.41, 5.74) is 1.53. The molecule has 0 saturated heterocycles. The van der Waals surface area contributed by atoms with Crippen LogP contribution >= 0.6 is 11.8 Å². The molecule has 0 saturated carbocycles. The maximum atomic E-state index is 12.8. The number of thioether (sulfide) groups is 1. The second kappa shape index (κ2) is 7.74. The number of nitrogens with zero attached hydrogens (tertiary/aromatic N) is 2. The van der Waals surface area contributed by atoms with Gasteiger partial charge in [0.15, 0.2) is 0 Å². The van der Waals surface area contributed by atoms with Gasteiger partial charge in [-0.1, -0.05) is 42.1 Å². The molecule has 0 fully saturated rings. The SMILES string of the molecule is O=C(NCc1nnc(SCc2ccccc2)o1)c1ccc(F)cc1. The number of rotatable bonds is 6. The molecule has 0 radical (unpaired) electrons. The van der Waals surface area contributed by atoms with Crippen molar-refractivity contribution in [2.45, 2.75) is 17.5 Å². The first-order chi connectivity index (χ1) is 11.7. The summed E-state index contributed by atoms with van der Waals surface area (Å²) in [4.78, 5) is 11.9. The van der Waals surface area contributed by atoms with Gasteiger partial charge in [-0.2, -0.15) is 0 Å². The minimum atomic E-state index is -0.386. The molecule has 0 spiro atoms. The van der Waals surface area contributed by atoms with Crippen LogP contribution in [0.2, 0.25) is 0 Å². The molecule has 1 N–H and O–H groups in total. The number of nitrogens with one attached hydrogen (secondary N) is 1. The molecule has 122 valence electrons. The summed E-state index contributed by atoms with van der Waals surface area (Å²) >= 11 is 1.43. The van der Waals surface area contributed by atoms with Crippen molar-refractivity contribution in [3.63, 3.8) is 0 Å². The number of carbonyl (C=O) groups excluding carboxylic acids is 1. The van der Waals surface area contributed by atoms with E-state index in [2.05, 4.69) is 15.5 Å². The van der Waals surface area contributed by atoms with E-state index in [0.29, 0.717) is 16.7 Å². The van der Waals surface area contributed by atoms with E-state index >= 15 is 0 Å². The number of hydrogen-bond donors (Lipinski definition) is 1. The lowest BCUT2D eigenvalue weighted by Gasteiger charge is -2.02. The fourth-order valence-electron chi connectivity index (χ4n) is 1.95. The van der Waals surface area contributed by atoms with E-state index in [9.17, 15) is 9.18 Å². The molecule has 0 atom stereocenters. The Morgan fingerprint density at radius 2 is 1.83 bits per heavy atom. The highest BCUT2D eigenvalue weighted by Crippen LogP contribution is 2.21. The van der Waals surface area contributed by atoms with Gasteiger partial charge in [0, 0.05) is 11.3 Å². The first-order valence-corrected chi connectivity index (χ1v) is 8.22. The van der Waals surface area contributed by atoms with Crippen LogP contribution < -0.4 is 5.32 Å². The lowest BCUT2D eigenvalue weighted by molar-refractivity contribution is 0.0946. The number of amides is 1. The quantitative estimate of drug-likeness (QED) is 0.695. The van der Waals surface area contributed by atoms with Crippen molar-refractivity contribution in [3.8, 4) is 0 Å². The van der Waals surface area contributed by atoms with E-state index in [1.165, 1.54) is 36.0 Å². The Hall–Kier alpha value is -2.67. The van der Waals surface area contributed by atoms with Gasteiger partial charge < -0.3 is 9.73 Å². The Labute approximate surface area is 142 Å². The first-order valence-electron chi connectivity index (χ1n) is 7.23. The minimum Gasteiger partial charge on any atom is -0.414 e. The molecule has 7 heteroatoms. The summed E-state index contributed by atoms with van der Waals surface area (Å²) < 4.78 is 18.3. The van der Waals surface area contributed by atoms with E-state index in [1.54, 1.807) is 0 Å². The highest BCUT2D eigenvalue weighted by Gasteiger charge is 2.10. The maximum absolute atomic E-state index is 12.8. The van der Waals surface area contributed by atoms with Crippen LogP contribution in [0.4, 0.5) is 4.39 Å². The average Bonchev–Trinajstić information content (AvgIpc) is 3.07. The van der Waals surface area contributed by atoms with Crippen molar-refractivity contribution in [1.29, 1.82) is 0 Å². The molecule has 3 rings (SSSR count). The van der Waals surface area contributed by atoms with Gasteiger partial charge in [0.05, 0.1) is 6.54 Å². The Balaban J connectivity index is 1.50. The topological polar surface area (TPSA) is 68.0 Å². The fraction of sp³-hybridized carbons (Fsp3) is 0.118. The second-order valence-corrected chi connectivity index (χ2v) is 5.85. The fourth-order valence-corrected chi connectivity index (χ4v) is 2.68. The minimum absolute atomic E-state index is 0.120. The van der Waals surface area contributed by atoms with Crippen molar-refractivity contribution >= 4 is 17.7 Å². The van der Waals surface area contributed by atoms with Crippen molar-refractivity contribution < 1.29 is 13.6 Å². The molecule has 24 heavy (non-hydrogen) atoms. The van der Waals surface area contributed by atoms with Gasteiger partial charge in [-0.05, 0) is 29.8 Å². The largest absolute Gasteiger partial charge is 0.414 e. The monoisotopic (exact) mass is 343 g/mol. The van der Waals surface area contributed by atoms with Crippen molar-refractivity contribution in [1.82, 2.24) is 15.5 Å². The van der Waals surface area contributed by atoms with Crippen LogP contribution in [-0.4, -0.2) is 16.1 Å². The highest BCUT2D eigenvalue weighted by atomic mass is 32.2. The molecule has 0 aliphatic heterocycles. The number of carbonyl (C=O) groups is 1. The van der Waals surface area contributed by atoms with Crippen molar-refractivity contribution in [3.05, 3.63) is 77.4 Å². The van der Waals surface area contributed by atoms with Crippen LogP contribution in [0.15, 0.2) is 64.2 Å². The lowest BCUT2D eigenvalue weighted by atomic mass is 10.2. The Morgan fingerprint density at radius 3 is 2.58 bits per heavy atom. The maximum Gasteiger partial charge on any atom is 0.276 e. The normalized spacial score (nSPS) is 10.5. The Kier molecular flexibility index (Phi) is 5.22. The van der Waals surface area contributed by atoms with Gasteiger partial charge in [-0.25, -0.2) is 4.39 Å². The van der Waals surface area contributed by atoms with Gasteiger partial charge in [0.2, 0.25) is 5.89 Å². The van der Waals surface area contributed by atoms with Crippen molar-refractivity contribution in [2.75, 3.05) is 0 Å². The zero-order valence-electron chi connectivity index (χ0n) is 12.6. The molecular weight excluding hydrogens is 329 g/mol. The van der Waals surface area contributed by atoms with E-state index in [-0.39, 0.29) is 18.3 Å². The summed E-state index contributed by atoms with van der Waals surface area (Å²) in [5.74, 6) is 0.334. The molecule has 1 heterocycles. The predicted molar refractivity (Wildman–Crippen MR) is 87.9 cm³/mol. The van der Waals surface area contributed by atoms with Crippen LogP contribution in [0.25, 0.3) is 0 Å². The van der Waals surface area contributed by atoms with E-state index in [1.807, 2.05) is 30.3 Å². The first kappa shape index (κ1) is 16.2. The zero-order chi connectivity index (χ0) is 16.8. The zero-order valence-corrected chi connectivity index (χ0v) is 13.4. The predicted octanol–water partition coefficient (Wildman–Crippen LogP) is 3.43. The Bertz CT molecular complexity index is 806. The average molecular weight is 343 g/mol. The summed E-state index contributed by atoms with van der Waals surface area (Å²) in [6, 6.07) is 15.3. The lowest BCUT2D eigenvalue weighted by Crippen LogP contribution is -2.22. The highest BCUT2D eigenvalue weighted by molar-refractivity contribution is 7.98. The molecule has 2 aromatic carbocycles. The van der Waals surface area contributed by atoms with Gasteiger partial charge in [0.1, 0.15) is 5.82 Å². The molecule has 5 nitrogen and oxygen atoms in total. The molecule has 0 aliphatic carbocycles. The van der Waals surface area contributed by atoms with Crippen LogP contribution in [0.5, 0.6) is 0 Å². The second-order valence-electron chi connectivity index (χ2n) is 4.93. The summed E-state index contributed by atoms with van der Waals surface area (Å²) in [7, 11) is 0. The van der Waals surface area contributed by atoms with Crippen LogP contribution in [0.1, 0.15) is 21.8 Å². The van der Waals surface area contributed by atoms with Gasteiger partial charge >= 0.3 is 0 Å². The van der Waals surface area contributed by atoms with Gasteiger partial charge in [-0.15, -0.1) is 10.2 Å². The summed E-state index contributed by atoms with van der Waals surface area (Å²) in [5, 5.41) is 10.9. The summed E-state index contributed by atoms with van der Waals surface area (Å²) in [6.07, 6.45) is 0. The van der Waals surface area contributed by atoms with Crippen LogP contribution in [0.3, 0.4) is 0 Å². The molecule has 3 aromatic rings. The molecule has 1 aromatic heterocycles. The van der Waals surface area contributed by atoms with Crippen molar-refractivity contribution in [2.24, 2.45) is 0 Å². The molecule has 0 unspecified atom stereocenters. The van der Waals surface area contributed by atoms with Gasteiger partial charge in [0.25, 0.3) is 11.1 Å². The standard InChI is InChI=1S/C17H14FN3O2S/c18-14-8-6-13(7-9-14)16(22)19-10-15-20-21-17(23-15)24-11-12-4-2-1-3-5-12/h1-9H,10-11H2,(H,19,22). The van der Waals surface area contributed by atoms with E-state index in [4.69, 9.17) is 4.42 Å². The third-order valence-electron chi connectivity index (χ3n) is 3.16. The smallest absolute Gasteiger partial charge is 0.276 e. The molecule has 0 aliphatic rings. The number of benzene rings is 2. The molecule has 0 bridgehead atoms. The number of hydrogen-bond acceptors (Lipinski definition) is 5. The number of halogens is 1. The third-order valence-corrected chi connectivity index (χ3v) is 4.05. The van der Waals surface area contributed by atoms with Gasteiger partial charge in [-0.3, -0.25) is 4.79 Å². The van der Waals surface area contributed by atoms with E-state index in [0.717, 1.165) is 11.3 Å². The van der Waals surface area contributed by atoms with Crippen LogP contribution in [-0.2, 0) is 12.3 Å². The van der Waals surface area contributed by atoms with Crippen LogP contribution in [0, 0.1) is 5.82 Å². The van der Waals surface area contributed by atoms with E-state index < -0.39 is 0 Å². The molecular formula is C17H14FN3O2S. The molecule has 1 amide bonds.